The molecule has 0 unspecified atom stereocenters. The Morgan fingerprint density at radius 2 is 2.33 bits per heavy atom. The first-order valence-corrected chi connectivity index (χ1v) is 6.03. The predicted molar refractivity (Wildman–Crippen MR) is 66.5 cm³/mol. The van der Waals surface area contributed by atoms with Crippen LogP contribution in [0, 0.1) is 5.82 Å². The number of rotatable bonds is 4. The van der Waals surface area contributed by atoms with Gasteiger partial charge in [-0.05, 0) is 18.2 Å². The summed E-state index contributed by atoms with van der Waals surface area (Å²) in [5.74, 6) is -0.997. The van der Waals surface area contributed by atoms with Crippen LogP contribution < -0.4 is 5.32 Å². The average Bonchev–Trinajstić information content (AvgIpc) is 2.81. The molecular formula is C11H10BrFN4O. The van der Waals surface area contributed by atoms with Gasteiger partial charge in [-0.15, -0.1) is 5.10 Å². The maximum atomic E-state index is 13.5. The summed E-state index contributed by atoms with van der Waals surface area (Å²) in [7, 11) is 0. The van der Waals surface area contributed by atoms with Gasteiger partial charge in [0.1, 0.15) is 5.82 Å². The summed E-state index contributed by atoms with van der Waals surface area (Å²) < 4.78 is 15.7. The molecule has 2 aromatic rings. The van der Waals surface area contributed by atoms with Gasteiger partial charge in [0.15, 0.2) is 0 Å². The minimum Gasteiger partial charge on any atom is -0.350 e. The molecule has 0 saturated carbocycles. The van der Waals surface area contributed by atoms with Crippen molar-refractivity contribution in [2.45, 2.75) is 6.54 Å². The molecule has 0 aliphatic heterocycles. The maximum absolute atomic E-state index is 13.5. The van der Waals surface area contributed by atoms with E-state index in [0.29, 0.717) is 17.6 Å². The van der Waals surface area contributed by atoms with Crippen LogP contribution in [0.15, 0.2) is 35.1 Å². The first-order valence-electron chi connectivity index (χ1n) is 5.24. The van der Waals surface area contributed by atoms with E-state index in [-0.39, 0.29) is 5.56 Å². The van der Waals surface area contributed by atoms with Crippen molar-refractivity contribution in [1.82, 2.24) is 20.3 Å². The van der Waals surface area contributed by atoms with Gasteiger partial charge in [0.2, 0.25) is 0 Å². The zero-order chi connectivity index (χ0) is 13.0. The topological polar surface area (TPSA) is 59.8 Å². The third-order valence-corrected chi connectivity index (χ3v) is 2.77. The molecule has 0 spiro atoms. The molecule has 1 N–H and O–H groups in total. The highest BCUT2D eigenvalue weighted by molar-refractivity contribution is 9.10. The van der Waals surface area contributed by atoms with E-state index in [1.807, 2.05) is 0 Å². The van der Waals surface area contributed by atoms with E-state index < -0.39 is 11.7 Å². The number of nitrogens with zero attached hydrogens (tertiary/aromatic N) is 3. The van der Waals surface area contributed by atoms with Gasteiger partial charge >= 0.3 is 0 Å². The number of hydrogen-bond acceptors (Lipinski definition) is 3. The van der Waals surface area contributed by atoms with Crippen molar-refractivity contribution in [2.24, 2.45) is 0 Å². The van der Waals surface area contributed by atoms with Gasteiger partial charge < -0.3 is 5.32 Å². The van der Waals surface area contributed by atoms with E-state index >= 15 is 0 Å². The lowest BCUT2D eigenvalue weighted by Gasteiger charge is -2.06. The van der Waals surface area contributed by atoms with E-state index in [9.17, 15) is 9.18 Å². The van der Waals surface area contributed by atoms with E-state index in [2.05, 4.69) is 31.6 Å². The third kappa shape index (κ3) is 3.13. The fraction of sp³-hybridized carbons (Fsp3) is 0.182. The maximum Gasteiger partial charge on any atom is 0.254 e. The van der Waals surface area contributed by atoms with Crippen molar-refractivity contribution < 1.29 is 9.18 Å². The molecule has 18 heavy (non-hydrogen) atoms. The standard InChI is InChI=1S/C11H10BrFN4O/c12-8-1-2-9(10(13)7-8)11(18)14-3-5-17-6-4-15-16-17/h1-2,4,6-7H,3,5H2,(H,14,18). The number of carbonyl (C=O) groups is 1. The van der Waals surface area contributed by atoms with Crippen LogP contribution in [0.1, 0.15) is 10.4 Å². The molecule has 1 heterocycles. The molecule has 0 radical (unpaired) electrons. The van der Waals surface area contributed by atoms with Crippen LogP contribution in [0.5, 0.6) is 0 Å². The molecule has 94 valence electrons. The highest BCUT2D eigenvalue weighted by Crippen LogP contribution is 2.14. The summed E-state index contributed by atoms with van der Waals surface area (Å²) in [6.07, 6.45) is 3.24. The molecule has 0 aliphatic rings. The first kappa shape index (κ1) is 12.7. The predicted octanol–water partition coefficient (Wildman–Crippen LogP) is 1.61. The zero-order valence-electron chi connectivity index (χ0n) is 9.31. The molecule has 2 rings (SSSR count). The van der Waals surface area contributed by atoms with E-state index in [1.165, 1.54) is 12.1 Å². The summed E-state index contributed by atoms with van der Waals surface area (Å²) in [6, 6.07) is 4.31. The van der Waals surface area contributed by atoms with Crippen LogP contribution in [0.3, 0.4) is 0 Å². The Bertz CT molecular complexity index is 544. The molecule has 1 aromatic heterocycles. The second-order valence-electron chi connectivity index (χ2n) is 3.55. The van der Waals surface area contributed by atoms with Crippen LogP contribution in [-0.2, 0) is 6.54 Å². The largest absolute Gasteiger partial charge is 0.350 e. The van der Waals surface area contributed by atoms with Crippen LogP contribution in [-0.4, -0.2) is 27.4 Å². The molecule has 0 bridgehead atoms. The van der Waals surface area contributed by atoms with Crippen molar-refractivity contribution in [3.05, 3.63) is 46.4 Å². The number of aromatic nitrogens is 3. The highest BCUT2D eigenvalue weighted by atomic mass is 79.9. The van der Waals surface area contributed by atoms with Gasteiger partial charge in [0.25, 0.3) is 5.91 Å². The Hall–Kier alpha value is -1.76. The van der Waals surface area contributed by atoms with Crippen molar-refractivity contribution in [2.75, 3.05) is 6.54 Å². The number of amides is 1. The van der Waals surface area contributed by atoms with Crippen LogP contribution in [0.25, 0.3) is 0 Å². The Morgan fingerprint density at radius 3 is 3.00 bits per heavy atom. The second-order valence-corrected chi connectivity index (χ2v) is 4.46. The SMILES string of the molecule is O=C(NCCn1ccnn1)c1ccc(Br)cc1F. The quantitative estimate of drug-likeness (QED) is 0.933. The number of carbonyl (C=O) groups excluding carboxylic acids is 1. The minimum atomic E-state index is -0.553. The monoisotopic (exact) mass is 312 g/mol. The van der Waals surface area contributed by atoms with Gasteiger partial charge in [0.05, 0.1) is 18.3 Å². The molecule has 1 amide bonds. The van der Waals surface area contributed by atoms with Gasteiger partial charge in [-0.1, -0.05) is 21.1 Å². The molecule has 0 aliphatic carbocycles. The minimum absolute atomic E-state index is 0.0248. The van der Waals surface area contributed by atoms with Crippen LogP contribution >= 0.6 is 15.9 Å². The Balaban J connectivity index is 1.91. The molecule has 1 aromatic carbocycles. The lowest BCUT2D eigenvalue weighted by atomic mass is 10.2. The van der Waals surface area contributed by atoms with Crippen molar-refractivity contribution in [1.29, 1.82) is 0 Å². The molecule has 0 saturated heterocycles. The van der Waals surface area contributed by atoms with Crippen molar-refractivity contribution in [3.8, 4) is 0 Å². The molecule has 0 atom stereocenters. The fourth-order valence-corrected chi connectivity index (χ4v) is 1.74. The molecular weight excluding hydrogens is 303 g/mol. The summed E-state index contributed by atoms with van der Waals surface area (Å²) in [4.78, 5) is 11.7. The summed E-state index contributed by atoms with van der Waals surface area (Å²) in [6.45, 7) is 0.849. The van der Waals surface area contributed by atoms with Gasteiger partial charge in [-0.3, -0.25) is 9.48 Å². The lowest BCUT2D eigenvalue weighted by molar-refractivity contribution is 0.0948. The number of nitrogens with one attached hydrogen (secondary N) is 1. The second kappa shape index (κ2) is 5.72. The van der Waals surface area contributed by atoms with Gasteiger partial charge in [-0.2, -0.15) is 0 Å². The summed E-state index contributed by atoms with van der Waals surface area (Å²) in [5.41, 5.74) is 0.0248. The average molecular weight is 313 g/mol. The van der Waals surface area contributed by atoms with Crippen molar-refractivity contribution >= 4 is 21.8 Å². The van der Waals surface area contributed by atoms with E-state index in [0.717, 1.165) is 0 Å². The molecule has 7 heteroatoms. The number of benzene rings is 1. The van der Waals surface area contributed by atoms with Gasteiger partial charge in [0, 0.05) is 17.2 Å². The summed E-state index contributed by atoms with van der Waals surface area (Å²) >= 11 is 3.13. The fourth-order valence-electron chi connectivity index (χ4n) is 1.40. The van der Waals surface area contributed by atoms with Crippen molar-refractivity contribution in [3.63, 3.8) is 0 Å². The first-order chi connectivity index (χ1) is 8.66. The third-order valence-electron chi connectivity index (χ3n) is 2.27. The number of halogens is 2. The normalized spacial score (nSPS) is 10.3. The van der Waals surface area contributed by atoms with Crippen LogP contribution in [0.4, 0.5) is 4.39 Å². The van der Waals surface area contributed by atoms with Gasteiger partial charge in [-0.25, -0.2) is 4.39 Å². The Kier molecular flexibility index (Phi) is 4.03. The Morgan fingerprint density at radius 1 is 1.50 bits per heavy atom. The molecule has 5 nitrogen and oxygen atoms in total. The van der Waals surface area contributed by atoms with E-state index in [1.54, 1.807) is 23.1 Å². The van der Waals surface area contributed by atoms with Crippen LogP contribution in [0.2, 0.25) is 0 Å². The molecule has 0 fully saturated rings. The zero-order valence-corrected chi connectivity index (χ0v) is 10.9. The smallest absolute Gasteiger partial charge is 0.254 e. The summed E-state index contributed by atoms with van der Waals surface area (Å²) in [5, 5.41) is 10.0. The highest BCUT2D eigenvalue weighted by Gasteiger charge is 2.11. The Labute approximate surface area is 111 Å². The number of hydrogen-bond donors (Lipinski definition) is 1. The van der Waals surface area contributed by atoms with E-state index in [4.69, 9.17) is 0 Å². The lowest BCUT2D eigenvalue weighted by Crippen LogP contribution is -2.28.